The Morgan fingerprint density at radius 2 is 2.00 bits per heavy atom. The minimum atomic E-state index is -0.356. The first-order valence-electron chi connectivity index (χ1n) is 6.73. The molecular formula is C14H20N4O2. The van der Waals surface area contributed by atoms with Crippen molar-refractivity contribution >= 4 is 17.6 Å². The lowest BCUT2D eigenvalue weighted by molar-refractivity contribution is 0.0963. The molecule has 6 nitrogen and oxygen atoms in total. The maximum absolute atomic E-state index is 11.6. The van der Waals surface area contributed by atoms with Gasteiger partial charge in [-0.2, -0.15) is 0 Å². The van der Waals surface area contributed by atoms with Crippen LogP contribution in [-0.4, -0.2) is 43.0 Å². The maximum Gasteiger partial charge on any atom is 0.314 e. The van der Waals surface area contributed by atoms with Crippen molar-refractivity contribution in [2.45, 2.75) is 18.9 Å². The number of piperidine rings is 1. The molecule has 20 heavy (non-hydrogen) atoms. The zero-order valence-corrected chi connectivity index (χ0v) is 11.6. The van der Waals surface area contributed by atoms with E-state index in [1.165, 1.54) is 0 Å². The number of nitrogens with two attached hydrogens (primary N) is 1. The van der Waals surface area contributed by atoms with Crippen LogP contribution in [0, 0.1) is 0 Å². The van der Waals surface area contributed by atoms with Crippen molar-refractivity contribution in [3.05, 3.63) is 29.8 Å². The summed E-state index contributed by atoms with van der Waals surface area (Å²) >= 11 is 0. The standard InChI is InChI=1S/C14H20N4O2/c1-16-13(19)10-3-2-4-12(9-10)17-11-5-7-18(8-6-11)14(15)20/h2-4,9,11,17H,5-8H2,1H3,(H2,15,20)(H,16,19). The van der Waals surface area contributed by atoms with Gasteiger partial charge in [0.25, 0.3) is 5.91 Å². The van der Waals surface area contributed by atoms with Gasteiger partial charge in [-0.1, -0.05) is 6.07 Å². The summed E-state index contributed by atoms with van der Waals surface area (Å²) in [5.74, 6) is -0.0998. The van der Waals surface area contributed by atoms with Crippen LogP contribution in [0.15, 0.2) is 24.3 Å². The third-order valence-corrected chi connectivity index (χ3v) is 3.53. The van der Waals surface area contributed by atoms with Gasteiger partial charge in [0.15, 0.2) is 0 Å². The van der Waals surface area contributed by atoms with E-state index >= 15 is 0 Å². The first kappa shape index (κ1) is 14.2. The molecule has 0 atom stereocenters. The number of anilines is 1. The molecule has 1 aromatic rings. The number of carbonyl (C=O) groups excluding carboxylic acids is 2. The predicted octanol–water partition coefficient (Wildman–Crippen LogP) is 1.00. The van der Waals surface area contributed by atoms with Crippen molar-refractivity contribution in [3.8, 4) is 0 Å². The first-order chi connectivity index (χ1) is 9.60. The quantitative estimate of drug-likeness (QED) is 0.769. The lowest BCUT2D eigenvalue weighted by Crippen LogP contribution is -2.44. The number of hydrogen-bond acceptors (Lipinski definition) is 3. The van der Waals surface area contributed by atoms with E-state index in [4.69, 9.17) is 5.73 Å². The second-order valence-electron chi connectivity index (χ2n) is 4.90. The zero-order chi connectivity index (χ0) is 14.5. The highest BCUT2D eigenvalue weighted by Crippen LogP contribution is 2.17. The summed E-state index contributed by atoms with van der Waals surface area (Å²) in [6, 6.07) is 7.34. The van der Waals surface area contributed by atoms with Crippen LogP contribution in [0.2, 0.25) is 0 Å². The lowest BCUT2D eigenvalue weighted by atomic mass is 10.0. The molecule has 1 aliphatic heterocycles. The Bertz CT molecular complexity index is 496. The number of likely N-dealkylation sites (tertiary alicyclic amines) is 1. The fourth-order valence-corrected chi connectivity index (χ4v) is 2.37. The lowest BCUT2D eigenvalue weighted by Gasteiger charge is -2.31. The maximum atomic E-state index is 11.6. The van der Waals surface area contributed by atoms with E-state index in [0.29, 0.717) is 24.7 Å². The SMILES string of the molecule is CNC(=O)c1cccc(NC2CCN(C(N)=O)CC2)c1. The van der Waals surface area contributed by atoms with Crippen molar-refractivity contribution < 1.29 is 9.59 Å². The molecule has 2 rings (SSSR count). The number of rotatable bonds is 3. The number of primary amides is 1. The van der Waals surface area contributed by atoms with Crippen LogP contribution in [0.5, 0.6) is 0 Å². The van der Waals surface area contributed by atoms with E-state index in [1.807, 2.05) is 18.2 Å². The van der Waals surface area contributed by atoms with Crippen LogP contribution in [0.4, 0.5) is 10.5 Å². The average Bonchev–Trinajstić information content (AvgIpc) is 2.47. The van der Waals surface area contributed by atoms with E-state index in [-0.39, 0.29) is 11.9 Å². The zero-order valence-electron chi connectivity index (χ0n) is 11.6. The highest BCUT2D eigenvalue weighted by atomic mass is 16.2. The van der Waals surface area contributed by atoms with Crippen molar-refractivity contribution in [1.29, 1.82) is 0 Å². The second-order valence-corrected chi connectivity index (χ2v) is 4.90. The monoisotopic (exact) mass is 276 g/mol. The topological polar surface area (TPSA) is 87.5 Å². The second kappa shape index (κ2) is 6.27. The van der Waals surface area contributed by atoms with Gasteiger partial charge >= 0.3 is 6.03 Å². The Labute approximate surface area is 118 Å². The Hall–Kier alpha value is -2.24. The van der Waals surface area contributed by atoms with E-state index in [2.05, 4.69) is 10.6 Å². The molecule has 108 valence electrons. The van der Waals surface area contributed by atoms with Gasteiger partial charge in [-0.25, -0.2) is 4.79 Å². The third-order valence-electron chi connectivity index (χ3n) is 3.53. The van der Waals surface area contributed by atoms with Gasteiger partial charge < -0.3 is 21.3 Å². The number of nitrogens with one attached hydrogen (secondary N) is 2. The van der Waals surface area contributed by atoms with Crippen LogP contribution in [-0.2, 0) is 0 Å². The Kier molecular flexibility index (Phi) is 4.45. The third kappa shape index (κ3) is 3.40. The molecule has 3 amide bonds. The Morgan fingerprint density at radius 1 is 1.30 bits per heavy atom. The van der Waals surface area contributed by atoms with Crippen molar-refractivity contribution in [3.63, 3.8) is 0 Å². The summed E-state index contributed by atoms with van der Waals surface area (Å²) in [6.45, 7) is 1.34. The van der Waals surface area contributed by atoms with Gasteiger partial charge in [0, 0.05) is 37.4 Å². The highest BCUT2D eigenvalue weighted by Gasteiger charge is 2.21. The van der Waals surface area contributed by atoms with Gasteiger partial charge in [-0.05, 0) is 31.0 Å². The summed E-state index contributed by atoms with van der Waals surface area (Å²) in [5.41, 5.74) is 6.81. The Balaban J connectivity index is 1.94. The highest BCUT2D eigenvalue weighted by molar-refractivity contribution is 5.94. The molecular weight excluding hydrogens is 256 g/mol. The van der Waals surface area contributed by atoms with E-state index in [1.54, 1.807) is 18.0 Å². The number of urea groups is 1. The van der Waals surface area contributed by atoms with Gasteiger partial charge in [0.1, 0.15) is 0 Å². The fourth-order valence-electron chi connectivity index (χ4n) is 2.37. The molecule has 0 aromatic heterocycles. The molecule has 0 unspecified atom stereocenters. The smallest absolute Gasteiger partial charge is 0.314 e. The molecule has 1 aliphatic rings. The molecule has 1 saturated heterocycles. The van der Waals surface area contributed by atoms with E-state index in [0.717, 1.165) is 18.5 Å². The number of amides is 3. The van der Waals surface area contributed by atoms with Gasteiger partial charge in [0.2, 0.25) is 0 Å². The summed E-state index contributed by atoms with van der Waals surface area (Å²) in [6.07, 6.45) is 1.71. The van der Waals surface area contributed by atoms with Crippen LogP contribution in [0.1, 0.15) is 23.2 Å². The molecule has 4 N–H and O–H groups in total. The number of benzene rings is 1. The van der Waals surface area contributed by atoms with Crippen LogP contribution < -0.4 is 16.4 Å². The van der Waals surface area contributed by atoms with E-state index < -0.39 is 0 Å². The predicted molar refractivity (Wildman–Crippen MR) is 77.6 cm³/mol. The molecule has 1 heterocycles. The minimum absolute atomic E-state index is 0.0998. The largest absolute Gasteiger partial charge is 0.382 e. The Morgan fingerprint density at radius 3 is 2.60 bits per heavy atom. The summed E-state index contributed by atoms with van der Waals surface area (Å²) in [4.78, 5) is 24.3. The van der Waals surface area contributed by atoms with Gasteiger partial charge in [0.05, 0.1) is 0 Å². The average molecular weight is 276 g/mol. The number of hydrogen-bond donors (Lipinski definition) is 3. The van der Waals surface area contributed by atoms with Gasteiger partial charge in [-0.3, -0.25) is 4.79 Å². The van der Waals surface area contributed by atoms with Crippen LogP contribution in [0.3, 0.4) is 0 Å². The van der Waals surface area contributed by atoms with Gasteiger partial charge in [-0.15, -0.1) is 0 Å². The van der Waals surface area contributed by atoms with Crippen molar-refractivity contribution in [2.24, 2.45) is 5.73 Å². The molecule has 0 bridgehead atoms. The normalized spacial score (nSPS) is 15.8. The summed E-state index contributed by atoms with van der Waals surface area (Å²) < 4.78 is 0. The molecule has 1 aromatic carbocycles. The van der Waals surface area contributed by atoms with Crippen molar-refractivity contribution in [1.82, 2.24) is 10.2 Å². The van der Waals surface area contributed by atoms with Crippen molar-refractivity contribution in [2.75, 3.05) is 25.5 Å². The molecule has 0 saturated carbocycles. The van der Waals surface area contributed by atoms with Crippen LogP contribution in [0.25, 0.3) is 0 Å². The molecule has 0 spiro atoms. The van der Waals surface area contributed by atoms with E-state index in [9.17, 15) is 9.59 Å². The molecule has 1 fully saturated rings. The summed E-state index contributed by atoms with van der Waals surface area (Å²) in [7, 11) is 1.61. The number of nitrogens with zero attached hydrogens (tertiary/aromatic N) is 1. The fraction of sp³-hybridized carbons (Fsp3) is 0.429. The first-order valence-corrected chi connectivity index (χ1v) is 6.73. The summed E-state index contributed by atoms with van der Waals surface area (Å²) in [5, 5.41) is 6.01. The molecule has 6 heteroatoms. The minimum Gasteiger partial charge on any atom is -0.382 e. The van der Waals surface area contributed by atoms with Crippen LogP contribution >= 0.6 is 0 Å². The molecule has 0 aliphatic carbocycles. The number of carbonyl (C=O) groups is 2. The molecule has 0 radical (unpaired) electrons.